The van der Waals surface area contributed by atoms with Crippen molar-refractivity contribution in [2.24, 2.45) is 0 Å². The van der Waals surface area contributed by atoms with Crippen molar-refractivity contribution in [3.8, 4) is 5.75 Å². The number of rotatable bonds is 6. The summed E-state index contributed by atoms with van der Waals surface area (Å²) in [7, 11) is 1.30. The number of carbonyl (C=O) groups excluding carboxylic acids is 1. The molecule has 31 heavy (non-hydrogen) atoms. The number of nitrogens with zero attached hydrogens (tertiary/aromatic N) is 2. The Bertz CT molecular complexity index is 1140. The number of aromatic hydroxyl groups is 1. The van der Waals surface area contributed by atoms with Crippen LogP contribution in [-0.2, 0) is 20.8 Å². The van der Waals surface area contributed by atoms with Crippen molar-refractivity contribution >= 4 is 16.9 Å². The van der Waals surface area contributed by atoms with Crippen LogP contribution in [0.15, 0.2) is 51.8 Å². The fourth-order valence-electron chi connectivity index (χ4n) is 3.77. The molecule has 0 radical (unpaired) electrons. The van der Waals surface area contributed by atoms with Crippen molar-refractivity contribution in [2.45, 2.75) is 18.9 Å². The predicted octanol–water partition coefficient (Wildman–Crippen LogP) is 2.42. The van der Waals surface area contributed by atoms with Crippen LogP contribution >= 0.6 is 0 Å². The number of benzene rings is 1. The van der Waals surface area contributed by atoms with E-state index >= 15 is 0 Å². The molecule has 0 amide bonds. The highest BCUT2D eigenvalue weighted by Crippen LogP contribution is 2.34. The summed E-state index contributed by atoms with van der Waals surface area (Å²) in [5.41, 5.74) is 0.976. The number of pyridine rings is 1. The Morgan fingerprint density at radius 3 is 2.84 bits per heavy atom. The fraction of sp³-hybridized carbons (Fsp3) is 0.348. The lowest BCUT2D eigenvalue weighted by molar-refractivity contribution is -0.140. The van der Waals surface area contributed by atoms with Crippen LogP contribution in [0.2, 0.25) is 0 Å². The second kappa shape index (κ2) is 9.28. The van der Waals surface area contributed by atoms with E-state index in [-0.39, 0.29) is 12.2 Å². The summed E-state index contributed by atoms with van der Waals surface area (Å²) in [4.78, 5) is 31.1. The van der Waals surface area contributed by atoms with Crippen LogP contribution < -0.4 is 5.43 Å². The number of morpholine rings is 1. The van der Waals surface area contributed by atoms with E-state index in [4.69, 9.17) is 13.9 Å². The van der Waals surface area contributed by atoms with Gasteiger partial charge in [0.2, 0.25) is 11.2 Å². The first-order valence-corrected chi connectivity index (χ1v) is 10.1. The second-order valence-corrected chi connectivity index (χ2v) is 7.47. The molecule has 1 fully saturated rings. The summed E-state index contributed by atoms with van der Waals surface area (Å²) in [5, 5.41) is 11.4. The van der Waals surface area contributed by atoms with E-state index in [1.807, 2.05) is 30.3 Å². The van der Waals surface area contributed by atoms with Gasteiger partial charge in [-0.2, -0.15) is 0 Å². The van der Waals surface area contributed by atoms with Gasteiger partial charge in [0.15, 0.2) is 5.76 Å². The summed E-state index contributed by atoms with van der Waals surface area (Å²) in [6.07, 6.45) is 1.62. The van der Waals surface area contributed by atoms with Crippen molar-refractivity contribution in [1.82, 2.24) is 9.88 Å². The monoisotopic (exact) mass is 424 g/mol. The highest BCUT2D eigenvalue weighted by Gasteiger charge is 2.27. The van der Waals surface area contributed by atoms with Crippen LogP contribution in [0.4, 0.5) is 0 Å². The Balaban J connectivity index is 1.76. The van der Waals surface area contributed by atoms with Crippen molar-refractivity contribution in [2.75, 3.05) is 33.4 Å². The second-order valence-electron chi connectivity index (χ2n) is 7.47. The zero-order valence-corrected chi connectivity index (χ0v) is 17.2. The lowest BCUT2D eigenvalue weighted by Crippen LogP contribution is -2.35. The standard InChI is InChI=1S/C23H24N2O6/c1-29-21(27)13-18(15-4-5-19-16(11-15)3-2-6-24-19)23-22(28)20(26)12-17(31-23)14-25-7-9-30-10-8-25/h2-6,11-12,18,28H,7-10,13-14H2,1H3. The molecule has 1 aliphatic heterocycles. The van der Waals surface area contributed by atoms with Gasteiger partial charge in [-0.25, -0.2) is 0 Å². The molecule has 2 aromatic heterocycles. The molecule has 1 N–H and O–H groups in total. The maximum atomic E-state index is 12.5. The van der Waals surface area contributed by atoms with E-state index < -0.39 is 23.1 Å². The molecule has 1 atom stereocenters. The summed E-state index contributed by atoms with van der Waals surface area (Å²) in [5.74, 6) is -1.17. The van der Waals surface area contributed by atoms with Crippen LogP contribution in [0.1, 0.15) is 29.4 Å². The predicted molar refractivity (Wildman–Crippen MR) is 113 cm³/mol. The Morgan fingerprint density at radius 1 is 1.26 bits per heavy atom. The Labute approximate surface area is 179 Å². The summed E-state index contributed by atoms with van der Waals surface area (Å²) in [6, 6.07) is 10.6. The number of ether oxygens (including phenoxy) is 2. The van der Waals surface area contributed by atoms with E-state index in [0.717, 1.165) is 24.0 Å². The molecular weight excluding hydrogens is 400 g/mol. The number of esters is 1. The molecule has 3 heterocycles. The number of hydrogen-bond donors (Lipinski definition) is 1. The molecule has 1 unspecified atom stereocenters. The molecule has 3 aromatic rings. The SMILES string of the molecule is COC(=O)CC(c1ccc2ncccc2c1)c1oc(CN2CCOCC2)cc(=O)c1O. The smallest absolute Gasteiger partial charge is 0.306 e. The number of carbonyl (C=O) groups is 1. The first-order valence-electron chi connectivity index (χ1n) is 10.1. The third kappa shape index (κ3) is 4.76. The highest BCUT2D eigenvalue weighted by molar-refractivity contribution is 5.80. The van der Waals surface area contributed by atoms with Gasteiger partial charge in [-0.3, -0.25) is 19.5 Å². The third-order valence-electron chi connectivity index (χ3n) is 5.43. The lowest BCUT2D eigenvalue weighted by Gasteiger charge is -2.26. The van der Waals surface area contributed by atoms with Gasteiger partial charge >= 0.3 is 5.97 Å². The zero-order valence-electron chi connectivity index (χ0n) is 17.2. The minimum Gasteiger partial charge on any atom is -0.502 e. The van der Waals surface area contributed by atoms with Crippen molar-refractivity contribution in [1.29, 1.82) is 0 Å². The third-order valence-corrected chi connectivity index (χ3v) is 5.43. The van der Waals surface area contributed by atoms with Gasteiger partial charge in [0.05, 0.1) is 44.7 Å². The minimum atomic E-state index is -0.686. The first kappa shape index (κ1) is 21.0. The normalized spacial score (nSPS) is 15.6. The molecule has 4 rings (SSSR count). The van der Waals surface area contributed by atoms with Crippen LogP contribution in [0.3, 0.4) is 0 Å². The van der Waals surface area contributed by atoms with E-state index in [0.29, 0.717) is 31.1 Å². The Kier molecular flexibility index (Phi) is 6.29. The largest absolute Gasteiger partial charge is 0.502 e. The molecule has 8 heteroatoms. The topological polar surface area (TPSA) is 102 Å². The number of methoxy groups -OCH3 is 1. The van der Waals surface area contributed by atoms with E-state index in [1.165, 1.54) is 13.2 Å². The number of fused-ring (bicyclic) bond motifs is 1. The van der Waals surface area contributed by atoms with Crippen LogP contribution in [0.5, 0.6) is 5.75 Å². The Morgan fingerprint density at radius 2 is 2.06 bits per heavy atom. The van der Waals surface area contributed by atoms with Gasteiger partial charge in [-0.15, -0.1) is 0 Å². The average molecular weight is 424 g/mol. The van der Waals surface area contributed by atoms with Gasteiger partial charge in [-0.1, -0.05) is 12.1 Å². The van der Waals surface area contributed by atoms with E-state index in [2.05, 4.69) is 9.88 Å². The molecule has 1 aromatic carbocycles. The summed E-state index contributed by atoms with van der Waals surface area (Å²) < 4.78 is 16.2. The fourth-order valence-corrected chi connectivity index (χ4v) is 3.77. The van der Waals surface area contributed by atoms with E-state index in [1.54, 1.807) is 6.20 Å². The molecular formula is C23H24N2O6. The van der Waals surface area contributed by atoms with Crippen molar-refractivity contribution in [3.63, 3.8) is 0 Å². The van der Waals surface area contributed by atoms with Gasteiger partial charge < -0.3 is 19.0 Å². The molecule has 0 bridgehead atoms. The molecule has 1 saturated heterocycles. The Hall–Kier alpha value is -3.23. The van der Waals surface area contributed by atoms with Gasteiger partial charge in [0, 0.05) is 30.7 Å². The zero-order chi connectivity index (χ0) is 21.8. The van der Waals surface area contributed by atoms with Gasteiger partial charge in [0.25, 0.3) is 0 Å². The van der Waals surface area contributed by atoms with Gasteiger partial charge in [-0.05, 0) is 23.8 Å². The molecule has 0 aliphatic carbocycles. The van der Waals surface area contributed by atoms with Crippen LogP contribution in [-0.4, -0.2) is 54.4 Å². The average Bonchev–Trinajstić information content (AvgIpc) is 2.80. The highest BCUT2D eigenvalue weighted by atomic mass is 16.5. The molecule has 1 aliphatic rings. The number of hydrogen-bond acceptors (Lipinski definition) is 8. The van der Waals surface area contributed by atoms with Crippen LogP contribution in [0.25, 0.3) is 10.9 Å². The van der Waals surface area contributed by atoms with E-state index in [9.17, 15) is 14.7 Å². The molecule has 0 saturated carbocycles. The quantitative estimate of drug-likeness (QED) is 0.602. The first-order chi connectivity index (χ1) is 15.0. The maximum Gasteiger partial charge on any atom is 0.306 e. The molecule has 0 spiro atoms. The molecule has 162 valence electrons. The van der Waals surface area contributed by atoms with Crippen LogP contribution in [0, 0.1) is 0 Å². The maximum absolute atomic E-state index is 12.5. The summed E-state index contributed by atoms with van der Waals surface area (Å²) in [6.45, 7) is 3.10. The minimum absolute atomic E-state index is 0.0596. The van der Waals surface area contributed by atoms with Crippen molar-refractivity contribution < 1.29 is 23.8 Å². The molecule has 8 nitrogen and oxygen atoms in total. The summed E-state index contributed by atoms with van der Waals surface area (Å²) >= 11 is 0. The van der Waals surface area contributed by atoms with Gasteiger partial charge in [0.1, 0.15) is 5.76 Å². The number of aromatic nitrogens is 1. The van der Waals surface area contributed by atoms with Crippen molar-refractivity contribution in [3.05, 3.63) is 69.9 Å². The lowest BCUT2D eigenvalue weighted by atomic mass is 9.91.